The summed E-state index contributed by atoms with van der Waals surface area (Å²) < 4.78 is 38.6. The van der Waals surface area contributed by atoms with Crippen LogP contribution in [-0.4, -0.2) is 38.4 Å². The highest BCUT2D eigenvalue weighted by molar-refractivity contribution is 7.91. The van der Waals surface area contributed by atoms with Crippen LogP contribution in [0.5, 0.6) is 0 Å². The number of hydrogen-bond donors (Lipinski definition) is 2. The second kappa shape index (κ2) is 9.49. The van der Waals surface area contributed by atoms with Crippen LogP contribution in [-0.2, 0) is 14.8 Å². The highest BCUT2D eigenvalue weighted by atomic mass is 32.2. The molecule has 3 rings (SSSR count). The molecule has 0 bridgehead atoms. The van der Waals surface area contributed by atoms with Crippen LogP contribution in [0.3, 0.4) is 0 Å². The Labute approximate surface area is 181 Å². The van der Waals surface area contributed by atoms with Gasteiger partial charge in [0.15, 0.2) is 5.76 Å². The lowest BCUT2D eigenvalue weighted by Crippen LogP contribution is -2.37. The lowest BCUT2D eigenvalue weighted by molar-refractivity contribution is 0.0513. The zero-order chi connectivity index (χ0) is 21.8. The van der Waals surface area contributed by atoms with Crippen molar-refractivity contribution in [3.05, 3.63) is 24.4 Å². The molecular weight excluding hydrogens is 426 g/mol. The van der Waals surface area contributed by atoms with Gasteiger partial charge in [-0.25, -0.2) is 17.9 Å². The maximum atomic E-state index is 12.6. The number of sulfonamides is 1. The van der Waals surface area contributed by atoms with E-state index in [1.54, 1.807) is 18.2 Å². The van der Waals surface area contributed by atoms with E-state index >= 15 is 0 Å². The number of thiophene rings is 1. The molecule has 10 heteroatoms. The first-order valence-corrected chi connectivity index (χ1v) is 12.4. The largest absolute Gasteiger partial charge is 0.444 e. The monoisotopic (exact) mass is 455 g/mol. The first kappa shape index (κ1) is 22.8. The minimum Gasteiger partial charge on any atom is -0.444 e. The number of rotatable bonds is 7. The molecule has 2 N–H and O–H groups in total. The number of alkyl carbamates (subject to hydrolysis) is 1. The van der Waals surface area contributed by atoms with Crippen molar-refractivity contribution in [2.75, 3.05) is 13.1 Å². The van der Waals surface area contributed by atoms with Crippen LogP contribution in [0.25, 0.3) is 10.6 Å². The van der Waals surface area contributed by atoms with Crippen molar-refractivity contribution in [3.8, 4) is 10.6 Å². The Bertz CT molecular complexity index is 924. The minimum atomic E-state index is -3.55. The number of carbonyl (C=O) groups is 1. The summed E-state index contributed by atoms with van der Waals surface area (Å²) in [7, 11) is -3.55. The fraction of sp³-hybridized carbons (Fsp3) is 0.600. The third-order valence-corrected chi connectivity index (χ3v) is 8.00. The van der Waals surface area contributed by atoms with E-state index < -0.39 is 21.7 Å². The van der Waals surface area contributed by atoms with E-state index in [0.717, 1.165) is 41.9 Å². The first-order valence-electron chi connectivity index (χ1n) is 10.1. The molecule has 0 saturated heterocycles. The predicted octanol–water partition coefficient (Wildman–Crippen LogP) is 4.01. The minimum absolute atomic E-state index is 0.268. The maximum absolute atomic E-state index is 12.6. The van der Waals surface area contributed by atoms with Gasteiger partial charge in [-0.3, -0.25) is 0 Å². The standard InChI is InChI=1S/C20H29N3O5S2/c1-20(2,3)27-19(24)21-12-14-4-6-15(7-5-14)13-23-30(25,26)18-9-8-17(29-18)16-10-11-22-28-16/h8-11,14-15,23H,4-7,12-13H2,1-3H3,(H,21,24)/t14-,15-. The van der Waals surface area contributed by atoms with Gasteiger partial charge in [0.1, 0.15) is 9.81 Å². The van der Waals surface area contributed by atoms with E-state index in [4.69, 9.17) is 9.26 Å². The van der Waals surface area contributed by atoms with Crippen LogP contribution < -0.4 is 10.0 Å². The smallest absolute Gasteiger partial charge is 0.407 e. The van der Waals surface area contributed by atoms with E-state index in [2.05, 4.69) is 15.2 Å². The third kappa shape index (κ3) is 6.55. The van der Waals surface area contributed by atoms with Gasteiger partial charge < -0.3 is 14.6 Å². The van der Waals surface area contributed by atoms with E-state index in [1.165, 1.54) is 6.20 Å². The normalized spacial score (nSPS) is 20.1. The summed E-state index contributed by atoms with van der Waals surface area (Å²) in [6.07, 6.45) is 4.90. The van der Waals surface area contributed by atoms with E-state index in [1.807, 2.05) is 20.8 Å². The fourth-order valence-corrected chi connectivity index (χ4v) is 5.84. The van der Waals surface area contributed by atoms with Gasteiger partial charge in [-0.1, -0.05) is 5.16 Å². The number of aromatic nitrogens is 1. The Morgan fingerprint density at radius 3 is 2.43 bits per heavy atom. The molecule has 1 fully saturated rings. The van der Waals surface area contributed by atoms with Gasteiger partial charge in [0.05, 0.1) is 11.1 Å². The molecule has 0 spiro atoms. The third-order valence-electron chi connectivity index (χ3n) is 4.99. The van der Waals surface area contributed by atoms with Crippen LogP contribution >= 0.6 is 11.3 Å². The van der Waals surface area contributed by atoms with E-state index in [0.29, 0.717) is 30.7 Å². The second-order valence-electron chi connectivity index (χ2n) is 8.62. The van der Waals surface area contributed by atoms with Gasteiger partial charge >= 0.3 is 6.09 Å². The molecule has 166 valence electrons. The summed E-state index contributed by atoms with van der Waals surface area (Å²) in [6.45, 7) is 6.52. The molecule has 8 nitrogen and oxygen atoms in total. The maximum Gasteiger partial charge on any atom is 0.407 e. The van der Waals surface area contributed by atoms with E-state index in [-0.39, 0.29) is 4.21 Å². The zero-order valence-electron chi connectivity index (χ0n) is 17.5. The van der Waals surface area contributed by atoms with Crippen LogP contribution in [0, 0.1) is 11.8 Å². The number of nitrogens with zero attached hydrogens (tertiary/aromatic N) is 1. The SMILES string of the molecule is CC(C)(C)OC(=O)NC[C@H]1CC[C@H](CNS(=O)(=O)c2ccc(-c3ccno3)s2)CC1. The van der Waals surface area contributed by atoms with Gasteiger partial charge in [0.2, 0.25) is 10.0 Å². The summed E-state index contributed by atoms with van der Waals surface area (Å²) in [5.74, 6) is 1.25. The summed E-state index contributed by atoms with van der Waals surface area (Å²) in [4.78, 5) is 12.5. The molecule has 0 unspecified atom stereocenters. The van der Waals surface area contributed by atoms with Crippen LogP contribution in [0.15, 0.2) is 33.1 Å². The predicted molar refractivity (Wildman–Crippen MR) is 115 cm³/mol. The number of nitrogens with one attached hydrogen (secondary N) is 2. The molecule has 2 heterocycles. The molecule has 2 aromatic heterocycles. The highest BCUT2D eigenvalue weighted by Gasteiger charge is 2.25. The second-order valence-corrected chi connectivity index (χ2v) is 11.7. The molecule has 30 heavy (non-hydrogen) atoms. The average molecular weight is 456 g/mol. The molecule has 2 aromatic rings. The van der Waals surface area contributed by atoms with Gasteiger partial charge in [-0.2, -0.15) is 0 Å². The topological polar surface area (TPSA) is 111 Å². The number of hydrogen-bond acceptors (Lipinski definition) is 7. The van der Waals surface area contributed by atoms with Crippen molar-refractivity contribution in [2.24, 2.45) is 11.8 Å². The van der Waals surface area contributed by atoms with Crippen molar-refractivity contribution in [3.63, 3.8) is 0 Å². The molecule has 1 saturated carbocycles. The zero-order valence-corrected chi connectivity index (χ0v) is 19.1. The molecule has 0 radical (unpaired) electrons. The lowest BCUT2D eigenvalue weighted by Gasteiger charge is -2.29. The summed E-state index contributed by atoms with van der Waals surface area (Å²) >= 11 is 1.16. The van der Waals surface area contributed by atoms with Gasteiger partial charge in [-0.05, 0) is 70.4 Å². The van der Waals surface area contributed by atoms with Gasteiger partial charge in [0, 0.05) is 19.2 Å². The van der Waals surface area contributed by atoms with Crippen LogP contribution in [0.4, 0.5) is 4.79 Å². The van der Waals surface area contributed by atoms with E-state index in [9.17, 15) is 13.2 Å². The lowest BCUT2D eigenvalue weighted by atomic mass is 9.82. The molecule has 1 amide bonds. The summed E-state index contributed by atoms with van der Waals surface area (Å²) in [6, 6.07) is 5.01. The fourth-order valence-electron chi connectivity index (χ4n) is 3.42. The van der Waals surface area contributed by atoms with Crippen LogP contribution in [0.2, 0.25) is 0 Å². The Morgan fingerprint density at radius 1 is 1.17 bits per heavy atom. The molecule has 1 aliphatic rings. The van der Waals surface area contributed by atoms with Crippen molar-refractivity contribution >= 4 is 27.5 Å². The van der Waals surface area contributed by atoms with Crippen molar-refractivity contribution in [1.29, 1.82) is 0 Å². The summed E-state index contributed by atoms with van der Waals surface area (Å²) in [5, 5.41) is 6.48. The molecule has 0 aromatic carbocycles. The Balaban J connectivity index is 1.41. The molecule has 0 atom stereocenters. The van der Waals surface area contributed by atoms with Gasteiger partial charge in [0.25, 0.3) is 0 Å². The quantitative estimate of drug-likeness (QED) is 0.653. The molecule has 0 aliphatic heterocycles. The van der Waals surface area contributed by atoms with Crippen molar-refractivity contribution in [2.45, 2.75) is 56.3 Å². The number of ether oxygens (including phenoxy) is 1. The number of amides is 1. The Hall–Kier alpha value is -1.91. The molecule has 1 aliphatic carbocycles. The van der Waals surface area contributed by atoms with Crippen molar-refractivity contribution in [1.82, 2.24) is 15.2 Å². The Kier molecular flexibility index (Phi) is 7.20. The van der Waals surface area contributed by atoms with Crippen molar-refractivity contribution < 1.29 is 22.5 Å². The van der Waals surface area contributed by atoms with Gasteiger partial charge in [-0.15, -0.1) is 11.3 Å². The average Bonchev–Trinajstić information content (AvgIpc) is 3.35. The van der Waals surface area contributed by atoms with Crippen LogP contribution in [0.1, 0.15) is 46.5 Å². The first-order chi connectivity index (χ1) is 14.1. The Morgan fingerprint density at radius 2 is 1.83 bits per heavy atom. The highest BCUT2D eigenvalue weighted by Crippen LogP contribution is 2.31. The molecular formula is C20H29N3O5S2. The summed E-state index contributed by atoms with van der Waals surface area (Å²) in [5.41, 5.74) is -0.503. The number of carbonyl (C=O) groups excluding carboxylic acids is 1.